The fourth-order valence-electron chi connectivity index (χ4n) is 2.52. The zero-order chi connectivity index (χ0) is 16.3. The number of alkyl halides is 3. The van der Waals surface area contributed by atoms with Crippen molar-refractivity contribution >= 4 is 0 Å². The molecule has 23 heavy (non-hydrogen) atoms. The lowest BCUT2D eigenvalue weighted by atomic mass is 10.1. The SMILES string of the molecule is FC(F)(F)c1ccc(OC2CCN(Cc3ccno3)CC2)nc1. The van der Waals surface area contributed by atoms with Gasteiger partial charge in [0.15, 0.2) is 5.76 Å². The molecule has 1 aliphatic rings. The summed E-state index contributed by atoms with van der Waals surface area (Å²) in [5.74, 6) is 1.04. The molecule has 0 aromatic carbocycles. The molecule has 2 aromatic heterocycles. The Kier molecular flexibility index (Phi) is 4.51. The van der Waals surface area contributed by atoms with Gasteiger partial charge in [0.1, 0.15) is 6.10 Å². The third-order valence-electron chi connectivity index (χ3n) is 3.76. The first kappa shape index (κ1) is 15.8. The van der Waals surface area contributed by atoms with Gasteiger partial charge in [0.25, 0.3) is 0 Å². The average molecular weight is 327 g/mol. The smallest absolute Gasteiger partial charge is 0.417 e. The number of halogens is 3. The molecule has 0 amide bonds. The number of hydrogen-bond acceptors (Lipinski definition) is 5. The molecule has 5 nitrogen and oxygen atoms in total. The number of hydrogen-bond donors (Lipinski definition) is 0. The van der Waals surface area contributed by atoms with Gasteiger partial charge in [-0.3, -0.25) is 4.90 Å². The lowest BCUT2D eigenvalue weighted by Crippen LogP contribution is -2.37. The number of piperidine rings is 1. The van der Waals surface area contributed by atoms with E-state index in [2.05, 4.69) is 15.0 Å². The van der Waals surface area contributed by atoms with Crippen molar-refractivity contribution in [3.05, 3.63) is 41.9 Å². The Balaban J connectivity index is 1.48. The molecule has 2 aromatic rings. The van der Waals surface area contributed by atoms with Gasteiger partial charge in [0.2, 0.25) is 5.88 Å². The van der Waals surface area contributed by atoms with Crippen LogP contribution in [0, 0.1) is 0 Å². The van der Waals surface area contributed by atoms with Gasteiger partial charge in [-0.1, -0.05) is 5.16 Å². The van der Waals surface area contributed by atoms with E-state index in [-0.39, 0.29) is 12.0 Å². The van der Waals surface area contributed by atoms with Gasteiger partial charge in [0, 0.05) is 31.4 Å². The van der Waals surface area contributed by atoms with Gasteiger partial charge in [-0.05, 0) is 18.9 Å². The molecular formula is C15H16F3N3O2. The molecule has 0 atom stereocenters. The Labute approximate surface area is 131 Å². The summed E-state index contributed by atoms with van der Waals surface area (Å²) < 4.78 is 48.2. The van der Waals surface area contributed by atoms with Crippen molar-refractivity contribution in [2.75, 3.05) is 13.1 Å². The predicted octanol–water partition coefficient (Wildman–Crippen LogP) is 3.13. The topological polar surface area (TPSA) is 51.4 Å². The van der Waals surface area contributed by atoms with E-state index in [1.807, 2.05) is 6.07 Å². The minimum Gasteiger partial charge on any atom is -0.474 e. The van der Waals surface area contributed by atoms with Gasteiger partial charge in [-0.25, -0.2) is 4.98 Å². The fraction of sp³-hybridized carbons (Fsp3) is 0.467. The lowest BCUT2D eigenvalue weighted by Gasteiger charge is -2.31. The molecule has 0 unspecified atom stereocenters. The molecule has 0 saturated carbocycles. The van der Waals surface area contributed by atoms with Crippen LogP contribution in [0.25, 0.3) is 0 Å². The molecule has 0 bridgehead atoms. The maximum absolute atomic E-state index is 12.5. The molecule has 1 fully saturated rings. The molecule has 8 heteroatoms. The van der Waals surface area contributed by atoms with Crippen molar-refractivity contribution in [3.63, 3.8) is 0 Å². The van der Waals surface area contributed by atoms with Crippen LogP contribution in [0.5, 0.6) is 5.88 Å². The first-order valence-corrected chi connectivity index (χ1v) is 7.32. The van der Waals surface area contributed by atoms with Gasteiger partial charge in [0.05, 0.1) is 18.3 Å². The molecular weight excluding hydrogens is 311 g/mol. The standard InChI is InChI=1S/C15H16F3N3O2/c16-15(17,18)11-1-2-14(19-9-11)22-12-4-7-21(8-5-12)10-13-3-6-20-23-13/h1-3,6,9,12H,4-5,7-8,10H2. The fourth-order valence-corrected chi connectivity index (χ4v) is 2.52. The molecule has 0 N–H and O–H groups in total. The molecule has 1 aliphatic heterocycles. The van der Waals surface area contributed by atoms with Crippen LogP contribution in [0.3, 0.4) is 0 Å². The minimum atomic E-state index is -4.38. The average Bonchev–Trinajstić information content (AvgIpc) is 3.02. The van der Waals surface area contributed by atoms with Crippen molar-refractivity contribution in [2.24, 2.45) is 0 Å². The highest BCUT2D eigenvalue weighted by atomic mass is 19.4. The van der Waals surface area contributed by atoms with Crippen molar-refractivity contribution in [1.29, 1.82) is 0 Å². The summed E-state index contributed by atoms with van der Waals surface area (Å²) in [6.07, 6.45) is -0.425. The summed E-state index contributed by atoms with van der Waals surface area (Å²) in [6.45, 7) is 2.35. The second kappa shape index (κ2) is 6.57. The number of rotatable bonds is 4. The summed E-state index contributed by atoms with van der Waals surface area (Å²) >= 11 is 0. The zero-order valence-corrected chi connectivity index (χ0v) is 12.3. The highest BCUT2D eigenvalue weighted by Gasteiger charge is 2.31. The van der Waals surface area contributed by atoms with E-state index in [4.69, 9.17) is 9.26 Å². The van der Waals surface area contributed by atoms with E-state index in [0.717, 1.165) is 44.0 Å². The molecule has 0 radical (unpaired) electrons. The molecule has 0 aliphatic carbocycles. The molecule has 0 spiro atoms. The summed E-state index contributed by atoms with van der Waals surface area (Å²) in [6, 6.07) is 4.08. The monoisotopic (exact) mass is 327 g/mol. The molecule has 1 saturated heterocycles. The summed E-state index contributed by atoms with van der Waals surface area (Å²) in [4.78, 5) is 5.96. The molecule has 3 rings (SSSR count). The summed E-state index contributed by atoms with van der Waals surface area (Å²) in [5, 5.41) is 3.67. The van der Waals surface area contributed by atoms with Gasteiger partial charge in [-0.2, -0.15) is 13.2 Å². The summed E-state index contributed by atoms with van der Waals surface area (Å²) in [5.41, 5.74) is -0.772. The van der Waals surface area contributed by atoms with Crippen LogP contribution in [-0.2, 0) is 12.7 Å². The number of pyridine rings is 1. The van der Waals surface area contributed by atoms with Crippen LogP contribution in [0.4, 0.5) is 13.2 Å². The van der Waals surface area contributed by atoms with E-state index in [0.29, 0.717) is 6.54 Å². The van der Waals surface area contributed by atoms with E-state index >= 15 is 0 Å². The highest BCUT2D eigenvalue weighted by molar-refractivity contribution is 5.20. The maximum atomic E-state index is 12.5. The van der Waals surface area contributed by atoms with Crippen LogP contribution >= 0.6 is 0 Å². The van der Waals surface area contributed by atoms with E-state index in [1.54, 1.807) is 6.20 Å². The Bertz CT molecular complexity index is 606. The van der Waals surface area contributed by atoms with E-state index in [9.17, 15) is 13.2 Å². The second-order valence-electron chi connectivity index (χ2n) is 5.45. The third kappa shape index (κ3) is 4.22. The first-order valence-electron chi connectivity index (χ1n) is 7.32. The van der Waals surface area contributed by atoms with Crippen LogP contribution in [0.15, 0.2) is 35.1 Å². The van der Waals surface area contributed by atoms with Gasteiger partial charge < -0.3 is 9.26 Å². The molecule has 3 heterocycles. The third-order valence-corrected chi connectivity index (χ3v) is 3.76. The van der Waals surface area contributed by atoms with Crippen molar-refractivity contribution in [2.45, 2.75) is 31.7 Å². The van der Waals surface area contributed by atoms with Crippen molar-refractivity contribution in [3.8, 4) is 5.88 Å². The summed E-state index contributed by atoms with van der Waals surface area (Å²) in [7, 11) is 0. The predicted molar refractivity (Wildman–Crippen MR) is 74.7 cm³/mol. The van der Waals surface area contributed by atoms with Crippen LogP contribution in [0.2, 0.25) is 0 Å². The largest absolute Gasteiger partial charge is 0.474 e. The molecule has 124 valence electrons. The number of nitrogens with zero attached hydrogens (tertiary/aromatic N) is 3. The van der Waals surface area contributed by atoms with Crippen molar-refractivity contribution in [1.82, 2.24) is 15.0 Å². The quantitative estimate of drug-likeness (QED) is 0.863. The second-order valence-corrected chi connectivity index (χ2v) is 5.45. The van der Waals surface area contributed by atoms with Crippen LogP contribution in [-0.4, -0.2) is 34.2 Å². The highest BCUT2D eigenvalue weighted by Crippen LogP contribution is 2.29. The number of likely N-dealkylation sites (tertiary alicyclic amines) is 1. The van der Waals surface area contributed by atoms with E-state index in [1.165, 1.54) is 6.07 Å². The Morgan fingerprint density at radius 2 is 2.00 bits per heavy atom. The van der Waals surface area contributed by atoms with E-state index < -0.39 is 11.7 Å². The van der Waals surface area contributed by atoms with Gasteiger partial charge >= 0.3 is 6.18 Å². The Hall–Kier alpha value is -2.09. The maximum Gasteiger partial charge on any atom is 0.417 e. The van der Waals surface area contributed by atoms with Crippen LogP contribution < -0.4 is 4.74 Å². The number of aromatic nitrogens is 2. The van der Waals surface area contributed by atoms with Crippen LogP contribution in [0.1, 0.15) is 24.2 Å². The normalized spacial score (nSPS) is 17.3. The first-order chi connectivity index (χ1) is 11.0. The number of ether oxygens (including phenoxy) is 1. The Morgan fingerprint density at radius 3 is 2.57 bits per heavy atom. The Morgan fingerprint density at radius 1 is 1.22 bits per heavy atom. The zero-order valence-electron chi connectivity index (χ0n) is 12.3. The lowest BCUT2D eigenvalue weighted by molar-refractivity contribution is -0.137. The van der Waals surface area contributed by atoms with Crippen molar-refractivity contribution < 1.29 is 22.4 Å². The van der Waals surface area contributed by atoms with Gasteiger partial charge in [-0.15, -0.1) is 0 Å². The minimum absolute atomic E-state index is 0.0368.